The number of alkyl halides is 2. The molecule has 0 bridgehead atoms. The number of phosphoric ester groups is 2. The van der Waals surface area contributed by atoms with Crippen LogP contribution in [0.15, 0.2) is 25.3 Å². The Bertz CT molecular complexity index is 1780. The van der Waals surface area contributed by atoms with Crippen LogP contribution in [-0.4, -0.2) is 97.6 Å². The second-order valence-corrected chi connectivity index (χ2v) is 12.3. The number of imidazole rings is 2. The zero-order valence-electron chi connectivity index (χ0n) is 22.1. The second-order valence-electron chi connectivity index (χ2n) is 9.68. The highest BCUT2D eigenvalue weighted by Gasteiger charge is 2.51. The van der Waals surface area contributed by atoms with Crippen LogP contribution in [0.25, 0.3) is 22.3 Å². The molecule has 7 N–H and O–H groups in total. The molecule has 238 valence electrons. The second kappa shape index (κ2) is 11.6. The van der Waals surface area contributed by atoms with Crippen LogP contribution in [0.3, 0.4) is 0 Å². The van der Waals surface area contributed by atoms with Crippen molar-refractivity contribution in [2.24, 2.45) is 0 Å². The van der Waals surface area contributed by atoms with E-state index in [1.54, 1.807) is 0 Å². The number of anilines is 2. The number of fused-ring (bicyclic) bond motifs is 2. The maximum Gasteiger partial charge on any atom is 0.472 e. The molecule has 2 aliphatic rings. The molecule has 20 nitrogen and oxygen atoms in total. The van der Waals surface area contributed by atoms with E-state index in [4.69, 9.17) is 39.8 Å². The highest BCUT2D eigenvalue weighted by molar-refractivity contribution is 7.47. The van der Waals surface area contributed by atoms with Crippen molar-refractivity contribution in [2.75, 3.05) is 24.7 Å². The van der Waals surface area contributed by atoms with Crippen molar-refractivity contribution in [3.63, 3.8) is 0 Å². The van der Waals surface area contributed by atoms with Gasteiger partial charge in [0, 0.05) is 6.42 Å². The van der Waals surface area contributed by atoms with E-state index in [2.05, 4.69) is 34.4 Å². The van der Waals surface area contributed by atoms with Crippen LogP contribution in [-0.2, 0) is 32.2 Å². The van der Waals surface area contributed by atoms with E-state index in [1.165, 1.54) is 17.2 Å². The Balaban J connectivity index is 1.15. The van der Waals surface area contributed by atoms with Crippen molar-refractivity contribution in [3.8, 4) is 0 Å². The molecule has 6 heterocycles. The number of phosphoric acid groups is 2. The molecular formula is C20H24F2N10O10P2. The van der Waals surface area contributed by atoms with Crippen LogP contribution in [0, 0.1) is 0 Å². The predicted molar refractivity (Wildman–Crippen MR) is 140 cm³/mol. The number of rotatable bonds is 10. The minimum absolute atomic E-state index is 0.0224. The third-order valence-corrected chi connectivity index (χ3v) is 8.32. The van der Waals surface area contributed by atoms with Crippen LogP contribution in [0.2, 0.25) is 0 Å². The summed E-state index contributed by atoms with van der Waals surface area (Å²) in [4.78, 5) is 52.5. The highest BCUT2D eigenvalue weighted by Crippen LogP contribution is 2.51. The van der Waals surface area contributed by atoms with Gasteiger partial charge in [-0.05, 0) is 0 Å². The third kappa shape index (κ3) is 6.01. The summed E-state index contributed by atoms with van der Waals surface area (Å²) in [6, 6.07) is 0. The van der Waals surface area contributed by atoms with Gasteiger partial charge in [0.1, 0.15) is 54.4 Å². The van der Waals surface area contributed by atoms with Crippen molar-refractivity contribution in [1.82, 2.24) is 39.0 Å². The zero-order chi connectivity index (χ0) is 31.4. The van der Waals surface area contributed by atoms with E-state index in [0.717, 1.165) is 17.2 Å². The van der Waals surface area contributed by atoms with E-state index < -0.39 is 72.0 Å². The lowest BCUT2D eigenvalue weighted by Gasteiger charge is -2.23. The fourth-order valence-electron chi connectivity index (χ4n) is 4.85. The van der Waals surface area contributed by atoms with E-state index in [0.29, 0.717) is 0 Å². The minimum Gasteiger partial charge on any atom is -0.382 e. The first-order chi connectivity index (χ1) is 20.8. The van der Waals surface area contributed by atoms with Gasteiger partial charge in [0.05, 0.1) is 25.9 Å². The smallest absolute Gasteiger partial charge is 0.382 e. The number of halogens is 2. The molecule has 0 aromatic carbocycles. The largest absolute Gasteiger partial charge is 0.472 e. The quantitative estimate of drug-likeness (QED) is 0.143. The lowest BCUT2D eigenvalue weighted by molar-refractivity contribution is -0.0509. The Hall–Kier alpha value is -3.30. The summed E-state index contributed by atoms with van der Waals surface area (Å²) in [5.41, 5.74) is 12.2. The first-order valence-electron chi connectivity index (χ1n) is 12.6. The van der Waals surface area contributed by atoms with Crippen molar-refractivity contribution in [2.45, 2.75) is 49.5 Å². The van der Waals surface area contributed by atoms with E-state index in [1.807, 2.05) is 0 Å². The molecule has 2 aliphatic heterocycles. The molecular weight excluding hydrogens is 640 g/mol. The molecule has 4 aromatic rings. The van der Waals surface area contributed by atoms with Gasteiger partial charge in [0.25, 0.3) is 0 Å². The van der Waals surface area contributed by atoms with Gasteiger partial charge in [-0.15, -0.1) is 0 Å². The van der Waals surface area contributed by atoms with Gasteiger partial charge in [-0.25, -0.2) is 47.8 Å². The molecule has 0 aliphatic carbocycles. The fraction of sp³-hybridized carbons (Fsp3) is 0.500. The number of hydrogen-bond donors (Lipinski definition) is 5. The summed E-state index contributed by atoms with van der Waals surface area (Å²) in [5.74, 6) is 0.0833. The minimum atomic E-state index is -5.19. The normalized spacial score (nSPS) is 29.1. The molecule has 44 heavy (non-hydrogen) atoms. The predicted octanol–water partition coefficient (Wildman–Crippen LogP) is 0.303. The lowest BCUT2D eigenvalue weighted by atomic mass is 10.1. The molecule has 1 unspecified atom stereocenters. The highest BCUT2D eigenvalue weighted by atomic mass is 31.2. The molecule has 24 heteroatoms. The number of nitrogens with two attached hydrogens (primary N) is 2. The molecule has 2 saturated heterocycles. The van der Waals surface area contributed by atoms with Crippen molar-refractivity contribution in [3.05, 3.63) is 25.3 Å². The number of aromatic nitrogens is 8. The Labute approximate surface area is 244 Å². The van der Waals surface area contributed by atoms with Gasteiger partial charge in [-0.3, -0.25) is 22.7 Å². The molecule has 0 saturated carbocycles. The Kier molecular flexibility index (Phi) is 8.07. The summed E-state index contributed by atoms with van der Waals surface area (Å²) in [7, 11) is -10.3. The Morgan fingerprint density at radius 3 is 2.09 bits per heavy atom. The number of ether oxygens (including phenoxy) is 2. The van der Waals surface area contributed by atoms with Crippen LogP contribution < -0.4 is 11.5 Å². The van der Waals surface area contributed by atoms with Crippen molar-refractivity contribution in [1.29, 1.82) is 0 Å². The molecule has 0 radical (unpaired) electrons. The number of nitrogen functional groups attached to an aromatic ring is 2. The van der Waals surface area contributed by atoms with Crippen molar-refractivity contribution >= 4 is 49.6 Å². The summed E-state index contributed by atoms with van der Waals surface area (Å²) >= 11 is 0. The van der Waals surface area contributed by atoms with Gasteiger partial charge in [-0.1, -0.05) is 0 Å². The molecule has 6 rings (SSSR count). The molecule has 4 aromatic heterocycles. The first kappa shape index (κ1) is 30.7. The van der Waals surface area contributed by atoms with E-state index >= 15 is 4.39 Å². The SMILES string of the molecule is Nc1ncnc2c1ncn2[C@@H]1O[C@H](COP(=O)(O)O)[C@@H](OP(=O)(O)OC[C@H]2O[C@@H](n3cnc4c(N)ncnc43)C[C@H]2F)[C@H]1F. The van der Waals surface area contributed by atoms with Gasteiger partial charge >= 0.3 is 15.6 Å². The molecule has 0 amide bonds. The van der Waals surface area contributed by atoms with E-state index in [-0.39, 0.29) is 40.4 Å². The molecule has 2 fully saturated rings. The van der Waals surface area contributed by atoms with Gasteiger partial charge in [0.2, 0.25) is 0 Å². The average molecular weight is 664 g/mol. The van der Waals surface area contributed by atoms with E-state index in [9.17, 15) is 18.4 Å². The summed E-state index contributed by atoms with van der Waals surface area (Å²) in [6.07, 6.45) is -6.91. The standard InChI is InChI=1S/C20H24F2N10O10P2/c21-8-1-11(31-6-29-13-16(23)25-4-27-18(13)31)40-9(8)2-39-44(36,37)42-15-10(3-38-43(33,34)35)41-20(12(15)22)32-7-30-14-17(24)26-5-28-19(14)32/h4-12,15,20H,1-3H2,(H,36,37)(H2,23,25,27)(H2,24,26,28)(H2,33,34,35)/t8-,9-,10-,11-,12-,15-,20-/m1/s1. The number of nitrogens with zero attached hydrogens (tertiary/aromatic N) is 8. The van der Waals surface area contributed by atoms with Gasteiger partial charge < -0.3 is 35.6 Å². The number of hydrogen-bond acceptors (Lipinski definition) is 15. The summed E-state index contributed by atoms with van der Waals surface area (Å²) in [5, 5.41) is 0. The topological polar surface area (TPSA) is 280 Å². The summed E-state index contributed by atoms with van der Waals surface area (Å²) < 4.78 is 83.1. The maximum atomic E-state index is 15.8. The average Bonchev–Trinajstić information content (AvgIpc) is 3.72. The van der Waals surface area contributed by atoms with Crippen LogP contribution >= 0.6 is 15.6 Å². The molecule has 0 spiro atoms. The first-order valence-corrected chi connectivity index (χ1v) is 15.6. The van der Waals surface area contributed by atoms with Crippen LogP contribution in [0.5, 0.6) is 0 Å². The summed E-state index contributed by atoms with van der Waals surface area (Å²) in [6.45, 7) is -1.75. The zero-order valence-corrected chi connectivity index (χ0v) is 23.8. The van der Waals surface area contributed by atoms with Gasteiger partial charge in [-0.2, -0.15) is 0 Å². The molecule has 8 atom stereocenters. The Morgan fingerprint density at radius 2 is 1.45 bits per heavy atom. The maximum absolute atomic E-state index is 15.8. The van der Waals surface area contributed by atoms with Crippen LogP contribution in [0.4, 0.5) is 20.4 Å². The monoisotopic (exact) mass is 664 g/mol. The Morgan fingerprint density at radius 1 is 0.864 bits per heavy atom. The van der Waals surface area contributed by atoms with Crippen molar-refractivity contribution < 1.29 is 55.6 Å². The van der Waals surface area contributed by atoms with Crippen LogP contribution in [0.1, 0.15) is 18.9 Å². The fourth-order valence-corrected chi connectivity index (χ4v) is 6.14. The lowest BCUT2D eigenvalue weighted by Crippen LogP contribution is -2.34. The van der Waals surface area contributed by atoms with Gasteiger partial charge in [0.15, 0.2) is 35.3 Å². The third-order valence-electron chi connectivity index (χ3n) is 6.85.